The van der Waals surface area contributed by atoms with Gasteiger partial charge in [-0.1, -0.05) is 23.7 Å². The molecule has 0 bridgehead atoms. The second-order valence-corrected chi connectivity index (χ2v) is 6.78. The number of carbonyl (C=O) groups excluding carboxylic acids is 2. The topological polar surface area (TPSA) is 88.3 Å². The van der Waals surface area contributed by atoms with Gasteiger partial charge in [0, 0.05) is 23.5 Å². The number of nitrogens with zero attached hydrogens (tertiary/aromatic N) is 3. The molecule has 1 aliphatic rings. The molecule has 0 aliphatic carbocycles. The normalized spacial score (nSPS) is 16.9. The van der Waals surface area contributed by atoms with Gasteiger partial charge in [-0.25, -0.2) is 4.98 Å². The Morgan fingerprint density at radius 1 is 1.37 bits per heavy atom. The van der Waals surface area contributed by atoms with Gasteiger partial charge in [0.1, 0.15) is 6.04 Å². The summed E-state index contributed by atoms with van der Waals surface area (Å²) in [5.41, 5.74) is 2.28. The van der Waals surface area contributed by atoms with Crippen LogP contribution in [0.1, 0.15) is 29.4 Å². The Balaban J connectivity index is 1.50. The summed E-state index contributed by atoms with van der Waals surface area (Å²) >= 11 is 5.90. The van der Waals surface area contributed by atoms with Crippen LogP contribution in [-0.4, -0.2) is 34.5 Å². The van der Waals surface area contributed by atoms with Crippen molar-refractivity contribution in [3.05, 3.63) is 52.8 Å². The molecule has 0 radical (unpaired) electrons. The molecule has 1 aliphatic heterocycles. The number of halogens is 1. The van der Waals surface area contributed by atoms with Gasteiger partial charge in [0.2, 0.25) is 5.91 Å². The minimum atomic E-state index is -0.572. The molecule has 1 aromatic carbocycles. The predicted octanol–water partition coefficient (Wildman–Crippen LogP) is 2.97. The molecule has 1 N–H and O–H groups in total. The van der Waals surface area contributed by atoms with Crippen LogP contribution in [0.4, 0.5) is 5.69 Å². The number of fused-ring (bicyclic) bond motifs is 1. The van der Waals surface area contributed by atoms with Crippen LogP contribution in [-0.2, 0) is 11.2 Å². The van der Waals surface area contributed by atoms with Crippen LogP contribution in [0.25, 0.3) is 11.1 Å². The third-order valence-electron chi connectivity index (χ3n) is 4.65. The fraction of sp³-hybridized carbons (Fsp3) is 0.263. The van der Waals surface area contributed by atoms with E-state index in [1.54, 1.807) is 35.2 Å². The highest BCUT2D eigenvalue weighted by Gasteiger charge is 2.33. The molecule has 1 unspecified atom stereocenters. The standard InChI is InChI=1S/C19H17ClN4O3/c1-2-15-14-9-11(10-21-18(14)27-23-15)17(25)22-16-7-8-24(19(16)26)13-5-3-12(20)4-6-13/h3-6,9-10,16H,2,7-8H2,1H3,(H,22,25). The molecule has 0 saturated carbocycles. The van der Waals surface area contributed by atoms with Gasteiger partial charge >= 0.3 is 0 Å². The van der Waals surface area contributed by atoms with Crippen molar-refractivity contribution in [3.8, 4) is 0 Å². The summed E-state index contributed by atoms with van der Waals surface area (Å²) in [5.74, 6) is -0.483. The van der Waals surface area contributed by atoms with Gasteiger partial charge in [-0.15, -0.1) is 0 Å². The number of hydrogen-bond donors (Lipinski definition) is 1. The Hall–Kier alpha value is -2.93. The molecule has 7 nitrogen and oxygen atoms in total. The van der Waals surface area contributed by atoms with Crippen molar-refractivity contribution in [1.29, 1.82) is 0 Å². The van der Waals surface area contributed by atoms with Crippen LogP contribution in [0.3, 0.4) is 0 Å². The second-order valence-electron chi connectivity index (χ2n) is 6.34. The molecule has 138 valence electrons. The van der Waals surface area contributed by atoms with Crippen LogP contribution in [0.5, 0.6) is 0 Å². The number of aryl methyl sites for hydroxylation is 1. The first kappa shape index (κ1) is 17.5. The molecule has 1 fully saturated rings. The van der Waals surface area contributed by atoms with Gasteiger partial charge in [0.05, 0.1) is 16.6 Å². The van der Waals surface area contributed by atoms with E-state index in [1.165, 1.54) is 6.20 Å². The molecule has 3 aromatic rings. The van der Waals surface area contributed by atoms with E-state index in [0.717, 1.165) is 11.4 Å². The third-order valence-corrected chi connectivity index (χ3v) is 4.90. The molecule has 8 heteroatoms. The van der Waals surface area contributed by atoms with Crippen molar-refractivity contribution < 1.29 is 14.1 Å². The Bertz CT molecular complexity index is 1020. The summed E-state index contributed by atoms with van der Waals surface area (Å²) in [5, 5.41) is 8.07. The van der Waals surface area contributed by atoms with Gasteiger partial charge in [-0.05, 0) is 43.2 Å². The van der Waals surface area contributed by atoms with E-state index >= 15 is 0 Å². The largest absolute Gasteiger partial charge is 0.340 e. The maximum Gasteiger partial charge on any atom is 0.257 e. The lowest BCUT2D eigenvalue weighted by molar-refractivity contribution is -0.118. The summed E-state index contributed by atoms with van der Waals surface area (Å²) in [6, 6.07) is 8.18. The highest BCUT2D eigenvalue weighted by molar-refractivity contribution is 6.30. The zero-order chi connectivity index (χ0) is 19.0. The number of rotatable bonds is 4. The fourth-order valence-electron chi connectivity index (χ4n) is 3.19. The highest BCUT2D eigenvalue weighted by atomic mass is 35.5. The summed E-state index contributed by atoms with van der Waals surface area (Å²) < 4.78 is 5.13. The number of nitrogens with one attached hydrogen (secondary N) is 1. The monoisotopic (exact) mass is 384 g/mol. The lowest BCUT2D eigenvalue weighted by Gasteiger charge is -2.17. The molecule has 2 aromatic heterocycles. The lowest BCUT2D eigenvalue weighted by Crippen LogP contribution is -2.41. The first-order chi connectivity index (χ1) is 13.1. The van der Waals surface area contributed by atoms with Gasteiger partial charge in [0.25, 0.3) is 11.6 Å². The van der Waals surface area contributed by atoms with Crippen molar-refractivity contribution in [1.82, 2.24) is 15.5 Å². The minimum Gasteiger partial charge on any atom is -0.340 e. The van der Waals surface area contributed by atoms with E-state index in [2.05, 4.69) is 15.5 Å². The smallest absolute Gasteiger partial charge is 0.257 e. The maximum atomic E-state index is 12.7. The van der Waals surface area contributed by atoms with Crippen LogP contribution >= 0.6 is 11.6 Å². The second kappa shape index (κ2) is 7.00. The molecule has 1 atom stereocenters. The van der Waals surface area contributed by atoms with Crippen LogP contribution in [0.15, 0.2) is 41.1 Å². The molecule has 2 amide bonds. The van der Waals surface area contributed by atoms with Crippen molar-refractivity contribution in [3.63, 3.8) is 0 Å². The van der Waals surface area contributed by atoms with E-state index in [-0.39, 0.29) is 11.8 Å². The summed E-state index contributed by atoms with van der Waals surface area (Å²) in [6.45, 7) is 2.49. The SMILES string of the molecule is CCc1noc2ncc(C(=O)NC3CCN(c4ccc(Cl)cc4)C3=O)cc12. The number of anilines is 1. The van der Waals surface area contributed by atoms with E-state index in [9.17, 15) is 9.59 Å². The van der Waals surface area contributed by atoms with E-state index in [0.29, 0.717) is 41.1 Å². The predicted molar refractivity (Wildman–Crippen MR) is 101 cm³/mol. The summed E-state index contributed by atoms with van der Waals surface area (Å²) in [7, 11) is 0. The number of aromatic nitrogens is 2. The van der Waals surface area contributed by atoms with E-state index in [4.69, 9.17) is 16.1 Å². The van der Waals surface area contributed by atoms with Gasteiger partial charge < -0.3 is 14.7 Å². The van der Waals surface area contributed by atoms with Crippen molar-refractivity contribution in [2.24, 2.45) is 0 Å². The Morgan fingerprint density at radius 3 is 2.89 bits per heavy atom. The Labute approximate surface area is 160 Å². The molecular formula is C19H17ClN4O3. The Kier molecular flexibility index (Phi) is 4.53. The minimum absolute atomic E-state index is 0.140. The van der Waals surface area contributed by atoms with Gasteiger partial charge in [-0.2, -0.15) is 0 Å². The highest BCUT2D eigenvalue weighted by Crippen LogP contribution is 2.24. The van der Waals surface area contributed by atoms with Crippen LogP contribution < -0.4 is 10.2 Å². The zero-order valence-electron chi connectivity index (χ0n) is 14.6. The van der Waals surface area contributed by atoms with Crippen molar-refractivity contribution >= 4 is 40.2 Å². The number of benzene rings is 1. The number of carbonyl (C=O) groups is 2. The Morgan fingerprint density at radius 2 is 2.15 bits per heavy atom. The average Bonchev–Trinajstić information content (AvgIpc) is 3.25. The van der Waals surface area contributed by atoms with Crippen LogP contribution in [0, 0.1) is 0 Å². The van der Waals surface area contributed by atoms with Gasteiger partial charge in [0.15, 0.2) is 0 Å². The first-order valence-electron chi connectivity index (χ1n) is 8.69. The molecule has 0 spiro atoms. The number of hydrogen-bond acceptors (Lipinski definition) is 5. The molecule has 4 rings (SSSR count). The molecule has 3 heterocycles. The maximum absolute atomic E-state index is 12.7. The van der Waals surface area contributed by atoms with E-state index < -0.39 is 6.04 Å². The van der Waals surface area contributed by atoms with Crippen molar-refractivity contribution in [2.75, 3.05) is 11.4 Å². The van der Waals surface area contributed by atoms with Crippen molar-refractivity contribution in [2.45, 2.75) is 25.8 Å². The molecular weight excluding hydrogens is 368 g/mol. The third kappa shape index (κ3) is 3.26. The van der Waals surface area contributed by atoms with Gasteiger partial charge in [-0.3, -0.25) is 9.59 Å². The number of amides is 2. The quantitative estimate of drug-likeness (QED) is 0.747. The number of pyridine rings is 1. The fourth-order valence-corrected chi connectivity index (χ4v) is 3.32. The molecule has 1 saturated heterocycles. The summed E-state index contributed by atoms with van der Waals surface area (Å²) in [4.78, 5) is 31.1. The first-order valence-corrected chi connectivity index (χ1v) is 9.06. The zero-order valence-corrected chi connectivity index (χ0v) is 15.4. The average molecular weight is 385 g/mol. The van der Waals surface area contributed by atoms with E-state index in [1.807, 2.05) is 6.92 Å². The lowest BCUT2D eigenvalue weighted by atomic mass is 10.1. The molecule has 27 heavy (non-hydrogen) atoms. The summed E-state index contributed by atoms with van der Waals surface area (Å²) in [6.07, 6.45) is 2.64. The van der Waals surface area contributed by atoms with Crippen LogP contribution in [0.2, 0.25) is 5.02 Å².